The Morgan fingerprint density at radius 1 is 1.42 bits per heavy atom. The number of hydrogen-bond donors (Lipinski definition) is 2. The zero-order valence-electron chi connectivity index (χ0n) is 10.0. The Kier molecular flexibility index (Phi) is 4.06. The number of nitrogens with one attached hydrogen (secondary N) is 2. The molecule has 0 fully saturated rings. The van der Waals surface area contributed by atoms with E-state index in [0.29, 0.717) is 0 Å². The van der Waals surface area contributed by atoms with Crippen LogP contribution >= 0.6 is 11.3 Å². The van der Waals surface area contributed by atoms with Crippen LogP contribution in [0.25, 0.3) is 0 Å². The zero-order chi connectivity index (χ0) is 13.8. The van der Waals surface area contributed by atoms with Crippen molar-refractivity contribution in [2.24, 2.45) is 0 Å². The highest BCUT2D eigenvalue weighted by molar-refractivity contribution is 7.11. The average Bonchev–Trinajstić information content (AvgIpc) is 2.77. The minimum absolute atomic E-state index is 0.196. The largest absolute Gasteiger partial charge is 0.333 e. The van der Waals surface area contributed by atoms with E-state index in [4.69, 9.17) is 0 Å². The van der Waals surface area contributed by atoms with Gasteiger partial charge >= 0.3 is 6.03 Å². The van der Waals surface area contributed by atoms with Crippen molar-refractivity contribution < 1.29 is 13.6 Å². The second-order valence-corrected chi connectivity index (χ2v) is 5.10. The molecule has 2 amide bonds. The molecule has 0 aliphatic heterocycles. The van der Waals surface area contributed by atoms with Crippen LogP contribution in [0, 0.1) is 18.6 Å². The van der Waals surface area contributed by atoms with Crippen molar-refractivity contribution in [1.29, 1.82) is 0 Å². The number of thiazole rings is 1. The summed E-state index contributed by atoms with van der Waals surface area (Å²) in [5.74, 6) is -1.31. The molecule has 0 saturated heterocycles. The molecule has 19 heavy (non-hydrogen) atoms. The Labute approximate surface area is 112 Å². The van der Waals surface area contributed by atoms with E-state index in [-0.39, 0.29) is 12.2 Å². The third-order valence-corrected chi connectivity index (χ3v) is 3.18. The van der Waals surface area contributed by atoms with Crippen LogP contribution in [-0.2, 0) is 6.54 Å². The summed E-state index contributed by atoms with van der Waals surface area (Å²) in [6.07, 6.45) is 1.66. The van der Waals surface area contributed by atoms with Crippen LogP contribution in [0.2, 0.25) is 0 Å². The Bertz CT molecular complexity index is 600. The number of rotatable bonds is 3. The van der Waals surface area contributed by atoms with Gasteiger partial charge in [0.25, 0.3) is 0 Å². The highest BCUT2D eigenvalue weighted by Crippen LogP contribution is 2.15. The van der Waals surface area contributed by atoms with E-state index < -0.39 is 17.7 Å². The van der Waals surface area contributed by atoms with E-state index >= 15 is 0 Å². The van der Waals surface area contributed by atoms with Gasteiger partial charge in [0.15, 0.2) is 0 Å². The van der Waals surface area contributed by atoms with Crippen molar-refractivity contribution in [2.75, 3.05) is 5.32 Å². The summed E-state index contributed by atoms with van der Waals surface area (Å²) in [5.41, 5.74) is -0.196. The molecule has 4 nitrogen and oxygen atoms in total. The maximum absolute atomic E-state index is 13.3. The summed E-state index contributed by atoms with van der Waals surface area (Å²) < 4.78 is 26.2. The molecule has 2 N–H and O–H groups in total. The molecule has 0 radical (unpaired) electrons. The van der Waals surface area contributed by atoms with E-state index in [1.807, 2.05) is 6.92 Å². The maximum atomic E-state index is 13.3. The minimum atomic E-state index is -0.690. The Balaban J connectivity index is 1.92. The molecule has 0 atom stereocenters. The monoisotopic (exact) mass is 283 g/mol. The second-order valence-electron chi connectivity index (χ2n) is 3.78. The Hall–Kier alpha value is -2.02. The number of halogens is 2. The fourth-order valence-corrected chi connectivity index (χ4v) is 2.15. The van der Waals surface area contributed by atoms with Crippen molar-refractivity contribution >= 4 is 23.1 Å². The molecule has 1 aromatic heterocycles. The fraction of sp³-hybridized carbons (Fsp3) is 0.167. The van der Waals surface area contributed by atoms with Gasteiger partial charge in [-0.15, -0.1) is 11.3 Å². The van der Waals surface area contributed by atoms with Gasteiger partial charge in [-0.2, -0.15) is 0 Å². The van der Waals surface area contributed by atoms with Gasteiger partial charge in [0.2, 0.25) is 0 Å². The molecule has 0 aliphatic rings. The Morgan fingerprint density at radius 3 is 2.89 bits per heavy atom. The average molecular weight is 283 g/mol. The maximum Gasteiger partial charge on any atom is 0.319 e. The van der Waals surface area contributed by atoms with Gasteiger partial charge in [-0.1, -0.05) is 0 Å². The van der Waals surface area contributed by atoms with Gasteiger partial charge in [-0.3, -0.25) is 0 Å². The molecule has 1 heterocycles. The summed E-state index contributed by atoms with van der Waals surface area (Å²) in [6, 6.07) is 2.26. The zero-order valence-corrected chi connectivity index (χ0v) is 10.9. The molecule has 0 aliphatic carbocycles. The van der Waals surface area contributed by atoms with Crippen LogP contribution in [0.1, 0.15) is 9.88 Å². The Morgan fingerprint density at radius 2 is 2.21 bits per heavy atom. The third kappa shape index (κ3) is 3.72. The quantitative estimate of drug-likeness (QED) is 0.909. The number of carbonyl (C=O) groups excluding carboxylic acids is 1. The van der Waals surface area contributed by atoms with Crippen molar-refractivity contribution in [2.45, 2.75) is 13.5 Å². The van der Waals surface area contributed by atoms with Crippen molar-refractivity contribution in [1.82, 2.24) is 10.3 Å². The van der Waals surface area contributed by atoms with E-state index in [1.54, 1.807) is 6.20 Å². The number of nitrogens with zero attached hydrogens (tertiary/aromatic N) is 1. The summed E-state index contributed by atoms with van der Waals surface area (Å²) in [7, 11) is 0. The molecule has 2 rings (SSSR count). The van der Waals surface area contributed by atoms with Crippen molar-refractivity contribution in [3.63, 3.8) is 0 Å². The van der Waals surface area contributed by atoms with Crippen LogP contribution < -0.4 is 10.6 Å². The topological polar surface area (TPSA) is 54.0 Å². The highest BCUT2D eigenvalue weighted by Gasteiger charge is 2.08. The molecule has 0 spiro atoms. The van der Waals surface area contributed by atoms with E-state index in [1.165, 1.54) is 11.3 Å². The number of urea groups is 1. The van der Waals surface area contributed by atoms with Gasteiger partial charge in [-0.25, -0.2) is 18.6 Å². The van der Waals surface area contributed by atoms with Crippen LogP contribution in [0.3, 0.4) is 0 Å². The lowest BCUT2D eigenvalue weighted by Gasteiger charge is -2.07. The molecule has 1 aromatic carbocycles. The van der Waals surface area contributed by atoms with E-state index in [2.05, 4.69) is 15.6 Å². The second kappa shape index (κ2) is 5.75. The van der Waals surface area contributed by atoms with Gasteiger partial charge < -0.3 is 10.6 Å². The molecule has 0 unspecified atom stereocenters. The first-order valence-electron chi connectivity index (χ1n) is 5.46. The van der Waals surface area contributed by atoms with Crippen LogP contribution in [-0.4, -0.2) is 11.0 Å². The first kappa shape index (κ1) is 13.4. The SMILES string of the molecule is Cc1ncc(CNC(=O)Nc2cc(F)ccc2F)s1. The normalized spacial score (nSPS) is 10.3. The summed E-state index contributed by atoms with van der Waals surface area (Å²) >= 11 is 1.45. The first-order chi connectivity index (χ1) is 9.04. The van der Waals surface area contributed by atoms with Gasteiger partial charge in [0, 0.05) is 17.1 Å². The van der Waals surface area contributed by atoms with Crippen LogP contribution in [0.5, 0.6) is 0 Å². The minimum Gasteiger partial charge on any atom is -0.333 e. The van der Waals surface area contributed by atoms with Gasteiger partial charge in [0.1, 0.15) is 11.6 Å². The predicted molar refractivity (Wildman–Crippen MR) is 69.1 cm³/mol. The molecule has 7 heteroatoms. The van der Waals surface area contributed by atoms with E-state index in [0.717, 1.165) is 28.1 Å². The number of benzene rings is 1. The molecule has 0 bridgehead atoms. The predicted octanol–water partition coefficient (Wildman–Crippen LogP) is 3.05. The van der Waals surface area contributed by atoms with Gasteiger partial charge in [-0.05, 0) is 19.1 Å². The number of anilines is 1. The molecule has 100 valence electrons. The lowest BCUT2D eigenvalue weighted by Crippen LogP contribution is -2.28. The highest BCUT2D eigenvalue weighted by atomic mass is 32.1. The first-order valence-corrected chi connectivity index (χ1v) is 6.27. The van der Waals surface area contributed by atoms with Gasteiger partial charge in [0.05, 0.1) is 17.2 Å². The summed E-state index contributed by atoms with van der Waals surface area (Å²) in [6.45, 7) is 2.14. The van der Waals surface area contributed by atoms with Crippen LogP contribution in [0.4, 0.5) is 19.3 Å². The van der Waals surface area contributed by atoms with Crippen LogP contribution in [0.15, 0.2) is 24.4 Å². The molecule has 2 aromatic rings. The number of aromatic nitrogens is 1. The molecular formula is C12H11F2N3OS. The number of carbonyl (C=O) groups is 1. The van der Waals surface area contributed by atoms with Crippen molar-refractivity contribution in [3.05, 3.63) is 45.9 Å². The molecular weight excluding hydrogens is 272 g/mol. The molecule has 0 saturated carbocycles. The third-order valence-electron chi connectivity index (χ3n) is 2.27. The number of aryl methyl sites for hydroxylation is 1. The summed E-state index contributed by atoms with van der Waals surface area (Å²) in [5, 5.41) is 5.68. The van der Waals surface area contributed by atoms with E-state index in [9.17, 15) is 13.6 Å². The number of hydrogen-bond acceptors (Lipinski definition) is 3. The summed E-state index contributed by atoms with van der Waals surface area (Å²) in [4.78, 5) is 16.5. The number of amides is 2. The standard InChI is InChI=1S/C12H11F2N3OS/c1-7-15-5-9(19-7)6-16-12(18)17-11-4-8(13)2-3-10(11)14/h2-5H,6H2,1H3,(H2,16,17,18). The van der Waals surface area contributed by atoms with Crippen molar-refractivity contribution in [3.8, 4) is 0 Å². The lowest BCUT2D eigenvalue weighted by atomic mass is 10.3. The fourth-order valence-electron chi connectivity index (χ4n) is 1.41. The smallest absolute Gasteiger partial charge is 0.319 e. The lowest BCUT2D eigenvalue weighted by molar-refractivity contribution is 0.251.